The minimum Gasteiger partial charge on any atom is -0.491 e. The molecule has 184 valence electrons. The number of amides is 2. The second kappa shape index (κ2) is 11.4. The highest BCUT2D eigenvalue weighted by molar-refractivity contribution is 6.04. The van der Waals surface area contributed by atoms with Crippen LogP contribution in [0.3, 0.4) is 0 Å². The summed E-state index contributed by atoms with van der Waals surface area (Å²) in [5.74, 6) is -0.0534. The molecule has 0 saturated heterocycles. The number of carbonyl (C=O) groups excluding carboxylic acids is 2. The van der Waals surface area contributed by atoms with Crippen LogP contribution in [0.5, 0.6) is 5.75 Å². The topological polar surface area (TPSA) is 79.5 Å². The fraction of sp³-hybridized carbons (Fsp3) is 0.231. The highest BCUT2D eigenvalue weighted by Crippen LogP contribution is 2.30. The third kappa shape index (κ3) is 8.06. The van der Waals surface area contributed by atoms with Crippen molar-refractivity contribution in [2.45, 2.75) is 32.7 Å². The summed E-state index contributed by atoms with van der Waals surface area (Å²) >= 11 is 0. The lowest BCUT2D eigenvalue weighted by molar-refractivity contribution is -0.137. The van der Waals surface area contributed by atoms with Crippen LogP contribution < -0.4 is 20.7 Å². The Bertz CT molecular complexity index is 1160. The van der Waals surface area contributed by atoms with Gasteiger partial charge in [0.15, 0.2) is 0 Å². The molecule has 0 spiro atoms. The zero-order valence-corrected chi connectivity index (χ0v) is 19.3. The number of anilines is 2. The van der Waals surface area contributed by atoms with Crippen LogP contribution in [0.15, 0.2) is 72.8 Å². The Morgan fingerprint density at radius 1 is 0.914 bits per heavy atom. The van der Waals surface area contributed by atoms with Crippen molar-refractivity contribution in [2.24, 2.45) is 0 Å². The first-order chi connectivity index (χ1) is 16.6. The maximum atomic E-state index is 12.9. The van der Waals surface area contributed by atoms with Crippen molar-refractivity contribution in [1.29, 1.82) is 0 Å². The number of nitrogens with one attached hydrogen (secondary N) is 3. The number of halogens is 3. The molecule has 35 heavy (non-hydrogen) atoms. The third-order valence-electron chi connectivity index (χ3n) is 4.81. The quantitative estimate of drug-likeness (QED) is 0.375. The molecule has 0 fully saturated rings. The number of benzene rings is 3. The Labute approximate surface area is 201 Å². The molecule has 3 aromatic carbocycles. The van der Waals surface area contributed by atoms with Gasteiger partial charge in [0.2, 0.25) is 5.91 Å². The van der Waals surface area contributed by atoms with Crippen LogP contribution in [-0.4, -0.2) is 24.5 Å². The summed E-state index contributed by atoms with van der Waals surface area (Å²) in [5.41, 5.74) is 0.856. The summed E-state index contributed by atoms with van der Waals surface area (Å²) in [4.78, 5) is 24.7. The summed E-state index contributed by atoms with van der Waals surface area (Å²) < 4.78 is 44.2. The van der Waals surface area contributed by atoms with Crippen molar-refractivity contribution >= 4 is 23.2 Å². The van der Waals surface area contributed by atoms with E-state index < -0.39 is 17.6 Å². The van der Waals surface area contributed by atoms with Crippen LogP contribution in [0, 0.1) is 0 Å². The molecular weight excluding hydrogens is 459 g/mol. The molecule has 0 atom stereocenters. The van der Waals surface area contributed by atoms with E-state index in [1.165, 1.54) is 24.3 Å². The van der Waals surface area contributed by atoms with Gasteiger partial charge in [-0.25, -0.2) is 0 Å². The molecule has 0 aliphatic rings. The smallest absolute Gasteiger partial charge is 0.416 e. The van der Waals surface area contributed by atoms with Gasteiger partial charge in [0.1, 0.15) is 5.75 Å². The lowest BCUT2D eigenvalue weighted by Crippen LogP contribution is -2.29. The molecule has 0 bridgehead atoms. The van der Waals surface area contributed by atoms with Crippen molar-refractivity contribution in [1.82, 2.24) is 5.32 Å². The number of hydrogen-bond acceptors (Lipinski definition) is 4. The van der Waals surface area contributed by atoms with E-state index in [0.717, 1.165) is 23.4 Å². The first kappa shape index (κ1) is 25.6. The molecule has 0 unspecified atom stereocenters. The van der Waals surface area contributed by atoms with Gasteiger partial charge in [0.05, 0.1) is 18.2 Å². The average Bonchev–Trinajstić information content (AvgIpc) is 2.82. The maximum Gasteiger partial charge on any atom is 0.416 e. The van der Waals surface area contributed by atoms with Crippen LogP contribution in [0.25, 0.3) is 0 Å². The van der Waals surface area contributed by atoms with Gasteiger partial charge >= 0.3 is 6.18 Å². The van der Waals surface area contributed by atoms with Crippen molar-refractivity contribution in [3.63, 3.8) is 0 Å². The zero-order valence-electron chi connectivity index (χ0n) is 19.3. The van der Waals surface area contributed by atoms with Gasteiger partial charge in [-0.15, -0.1) is 0 Å². The molecule has 0 saturated carbocycles. The van der Waals surface area contributed by atoms with Crippen molar-refractivity contribution < 1.29 is 27.5 Å². The summed E-state index contributed by atoms with van der Waals surface area (Å²) in [6, 6.07) is 18.2. The van der Waals surface area contributed by atoms with Crippen molar-refractivity contribution in [2.75, 3.05) is 17.2 Å². The normalized spacial score (nSPS) is 11.1. The summed E-state index contributed by atoms with van der Waals surface area (Å²) in [5, 5.41) is 8.20. The lowest BCUT2D eigenvalue weighted by Gasteiger charge is -2.12. The number of carbonyl (C=O) groups is 2. The largest absolute Gasteiger partial charge is 0.491 e. The first-order valence-electron chi connectivity index (χ1n) is 10.9. The number of rotatable bonds is 9. The fourth-order valence-corrected chi connectivity index (χ4v) is 3.15. The molecule has 3 N–H and O–H groups in total. The van der Waals surface area contributed by atoms with Gasteiger partial charge in [-0.2, -0.15) is 13.2 Å². The van der Waals surface area contributed by atoms with Gasteiger partial charge in [0.25, 0.3) is 5.91 Å². The average molecular weight is 486 g/mol. The van der Waals surface area contributed by atoms with Gasteiger partial charge in [0, 0.05) is 23.5 Å². The third-order valence-corrected chi connectivity index (χ3v) is 4.81. The molecule has 3 rings (SSSR count). The molecule has 0 aromatic heterocycles. The maximum absolute atomic E-state index is 12.9. The Kier molecular flexibility index (Phi) is 8.35. The fourth-order valence-electron chi connectivity index (χ4n) is 3.15. The molecule has 0 aliphatic carbocycles. The van der Waals surface area contributed by atoms with E-state index in [1.807, 2.05) is 38.1 Å². The Hall–Kier alpha value is -4.01. The second-order valence-electron chi connectivity index (χ2n) is 8.05. The lowest BCUT2D eigenvalue weighted by atomic mass is 10.1. The molecule has 0 radical (unpaired) electrons. The number of ether oxygens (including phenoxy) is 1. The monoisotopic (exact) mass is 485 g/mol. The van der Waals surface area contributed by atoms with E-state index in [2.05, 4.69) is 16.0 Å². The van der Waals surface area contributed by atoms with Crippen LogP contribution in [0.4, 0.5) is 24.5 Å². The second-order valence-corrected chi connectivity index (χ2v) is 8.05. The molecule has 2 amide bonds. The molecule has 6 nitrogen and oxygen atoms in total. The molecule has 0 heterocycles. The van der Waals surface area contributed by atoms with Crippen LogP contribution in [0.1, 0.15) is 35.3 Å². The Balaban J connectivity index is 1.51. The molecule has 0 aliphatic heterocycles. The summed E-state index contributed by atoms with van der Waals surface area (Å²) in [6.45, 7) is 4.22. The Morgan fingerprint density at radius 2 is 1.60 bits per heavy atom. The highest BCUT2D eigenvalue weighted by atomic mass is 19.4. The SMILES string of the molecule is CC(C)Oc1ccc(CNC(=O)CNc2cccc(C(=O)Nc3cccc(C(F)(F)F)c3)c2)cc1. The predicted molar refractivity (Wildman–Crippen MR) is 128 cm³/mol. The van der Waals surface area contributed by atoms with E-state index in [4.69, 9.17) is 4.74 Å². The zero-order chi connectivity index (χ0) is 25.4. The van der Waals surface area contributed by atoms with Crippen molar-refractivity contribution in [3.8, 4) is 5.75 Å². The van der Waals surface area contributed by atoms with Gasteiger partial charge in [-0.1, -0.05) is 24.3 Å². The minimum atomic E-state index is -4.50. The molecule has 9 heteroatoms. The van der Waals surface area contributed by atoms with Crippen LogP contribution >= 0.6 is 0 Å². The predicted octanol–water partition coefficient (Wildman–Crippen LogP) is 5.47. The number of alkyl halides is 3. The standard InChI is InChI=1S/C26H26F3N3O3/c1-17(2)35-23-11-9-18(10-12-23)15-31-24(33)16-30-21-7-3-5-19(13-21)25(34)32-22-8-4-6-20(14-22)26(27,28)29/h3-14,17,30H,15-16H2,1-2H3,(H,31,33)(H,32,34). The van der Waals surface area contributed by atoms with Gasteiger partial charge in [-0.3, -0.25) is 9.59 Å². The first-order valence-corrected chi connectivity index (χ1v) is 10.9. The van der Waals surface area contributed by atoms with E-state index in [9.17, 15) is 22.8 Å². The van der Waals surface area contributed by atoms with E-state index in [0.29, 0.717) is 12.2 Å². The molecular formula is C26H26F3N3O3. The van der Waals surface area contributed by atoms with E-state index in [-0.39, 0.29) is 29.8 Å². The van der Waals surface area contributed by atoms with Gasteiger partial charge in [-0.05, 0) is 67.9 Å². The summed E-state index contributed by atoms with van der Waals surface area (Å²) in [7, 11) is 0. The van der Waals surface area contributed by atoms with Crippen LogP contribution in [-0.2, 0) is 17.5 Å². The molecule has 3 aromatic rings. The van der Waals surface area contributed by atoms with Crippen LogP contribution in [0.2, 0.25) is 0 Å². The minimum absolute atomic E-state index is 0.0206. The highest BCUT2D eigenvalue weighted by Gasteiger charge is 2.30. The van der Waals surface area contributed by atoms with Crippen molar-refractivity contribution in [3.05, 3.63) is 89.5 Å². The summed E-state index contributed by atoms with van der Waals surface area (Å²) in [6.07, 6.45) is -4.42. The Morgan fingerprint density at radius 3 is 2.29 bits per heavy atom. The number of hydrogen-bond donors (Lipinski definition) is 3. The van der Waals surface area contributed by atoms with Gasteiger partial charge < -0.3 is 20.7 Å². The van der Waals surface area contributed by atoms with E-state index >= 15 is 0 Å². The van der Waals surface area contributed by atoms with E-state index in [1.54, 1.807) is 12.1 Å².